The molecule has 1 aliphatic rings. The molecule has 1 atom stereocenters. The van der Waals surface area contributed by atoms with Crippen LogP contribution in [0.25, 0.3) is 0 Å². The Morgan fingerprint density at radius 3 is 2.10 bits per heavy atom. The Bertz CT molecular complexity index is 339. The average molecular weight is 286 g/mol. The number of rotatable bonds is 7. The molecule has 20 heavy (non-hydrogen) atoms. The van der Waals surface area contributed by atoms with Crippen LogP contribution in [-0.4, -0.2) is 17.4 Å². The molecule has 1 unspecified atom stereocenters. The first kappa shape index (κ1) is 17.4. The Morgan fingerprint density at radius 1 is 1.20 bits per heavy atom. The SMILES string of the molecule is CCC(C)(CCCC(C)C)OC(=O)C1(C(C)(C)C)OO1. The van der Waals surface area contributed by atoms with Crippen molar-refractivity contribution < 1.29 is 19.3 Å². The largest absolute Gasteiger partial charge is 0.455 e. The Morgan fingerprint density at radius 2 is 1.75 bits per heavy atom. The molecular formula is C16H30O4. The van der Waals surface area contributed by atoms with Gasteiger partial charge in [0.05, 0.1) is 0 Å². The van der Waals surface area contributed by atoms with Crippen LogP contribution in [0.4, 0.5) is 0 Å². The summed E-state index contributed by atoms with van der Waals surface area (Å²) in [6.45, 7) is 14.2. The summed E-state index contributed by atoms with van der Waals surface area (Å²) < 4.78 is 5.73. The summed E-state index contributed by atoms with van der Waals surface area (Å²) in [6, 6.07) is 0. The monoisotopic (exact) mass is 286 g/mol. The highest BCUT2D eigenvalue weighted by atomic mass is 17.4. The van der Waals surface area contributed by atoms with E-state index in [0.717, 1.165) is 25.7 Å². The van der Waals surface area contributed by atoms with E-state index in [1.165, 1.54) is 0 Å². The molecule has 1 fully saturated rings. The molecule has 1 saturated heterocycles. The second-order valence-electron chi connectivity index (χ2n) is 7.51. The van der Waals surface area contributed by atoms with E-state index in [0.29, 0.717) is 5.92 Å². The summed E-state index contributed by atoms with van der Waals surface area (Å²) in [5.41, 5.74) is -0.879. The fourth-order valence-electron chi connectivity index (χ4n) is 2.14. The second-order valence-corrected chi connectivity index (χ2v) is 7.51. The fourth-order valence-corrected chi connectivity index (χ4v) is 2.14. The molecule has 0 amide bonds. The molecule has 0 aliphatic carbocycles. The van der Waals surface area contributed by atoms with Crippen molar-refractivity contribution in [3.63, 3.8) is 0 Å². The maximum Gasteiger partial charge on any atom is 0.373 e. The van der Waals surface area contributed by atoms with Crippen LogP contribution >= 0.6 is 0 Å². The summed E-state index contributed by atoms with van der Waals surface area (Å²) in [7, 11) is 0. The predicted molar refractivity (Wildman–Crippen MR) is 77.8 cm³/mol. The molecule has 0 bridgehead atoms. The topological polar surface area (TPSA) is 51.4 Å². The van der Waals surface area contributed by atoms with Gasteiger partial charge in [-0.05, 0) is 32.1 Å². The smallest absolute Gasteiger partial charge is 0.373 e. The van der Waals surface area contributed by atoms with Crippen LogP contribution in [0.15, 0.2) is 0 Å². The number of esters is 1. The molecule has 0 saturated carbocycles. The Kier molecular flexibility index (Phi) is 5.25. The van der Waals surface area contributed by atoms with E-state index < -0.39 is 22.8 Å². The summed E-state index contributed by atoms with van der Waals surface area (Å²) in [5.74, 6) is -0.955. The minimum Gasteiger partial charge on any atom is -0.455 e. The highest BCUT2D eigenvalue weighted by Crippen LogP contribution is 2.47. The molecule has 4 heteroatoms. The van der Waals surface area contributed by atoms with Gasteiger partial charge in [-0.1, -0.05) is 48.0 Å². The van der Waals surface area contributed by atoms with Gasteiger partial charge in [-0.3, -0.25) is 0 Å². The van der Waals surface area contributed by atoms with Gasteiger partial charge in [-0.25, -0.2) is 4.79 Å². The number of carbonyl (C=O) groups is 1. The Labute approximate surface area is 123 Å². The highest BCUT2D eigenvalue weighted by Gasteiger charge is 2.67. The van der Waals surface area contributed by atoms with Crippen LogP contribution in [0.3, 0.4) is 0 Å². The Balaban J connectivity index is 2.61. The molecule has 0 radical (unpaired) electrons. The normalized spacial score (nSPS) is 20.6. The quantitative estimate of drug-likeness (QED) is 0.399. The minimum atomic E-state index is -1.22. The number of carbonyl (C=O) groups excluding carboxylic acids is 1. The lowest BCUT2D eigenvalue weighted by Crippen LogP contribution is -2.44. The third-order valence-electron chi connectivity index (χ3n) is 4.08. The van der Waals surface area contributed by atoms with E-state index in [1.54, 1.807) is 0 Å². The molecule has 1 rings (SSSR count). The molecule has 4 nitrogen and oxygen atoms in total. The standard InChI is InChI=1S/C16H30O4/c1-8-15(7,11-9-10-12(2)3)18-13(17)16(19-20-16)14(4,5)6/h12H,8-11H2,1-7H3. The average Bonchev–Trinajstić information content (AvgIpc) is 3.08. The summed E-state index contributed by atoms with van der Waals surface area (Å²) in [6.07, 6.45) is 3.86. The van der Waals surface area contributed by atoms with Gasteiger partial charge in [0, 0.05) is 5.41 Å². The molecule has 0 aromatic rings. The molecule has 0 aromatic carbocycles. The van der Waals surface area contributed by atoms with E-state index >= 15 is 0 Å². The first-order valence-corrected chi connectivity index (χ1v) is 7.66. The maximum absolute atomic E-state index is 12.4. The number of hydrogen-bond donors (Lipinski definition) is 0. The Hall–Kier alpha value is -0.610. The van der Waals surface area contributed by atoms with Crippen molar-refractivity contribution in [3.8, 4) is 0 Å². The summed E-state index contributed by atoms with van der Waals surface area (Å²) >= 11 is 0. The van der Waals surface area contributed by atoms with E-state index in [1.807, 2.05) is 34.6 Å². The summed E-state index contributed by atoms with van der Waals surface area (Å²) in [5, 5.41) is 0. The van der Waals surface area contributed by atoms with Crippen LogP contribution < -0.4 is 0 Å². The van der Waals surface area contributed by atoms with Crippen LogP contribution in [0, 0.1) is 11.3 Å². The first-order valence-electron chi connectivity index (χ1n) is 7.66. The van der Waals surface area contributed by atoms with Gasteiger partial charge >= 0.3 is 11.8 Å². The van der Waals surface area contributed by atoms with Crippen molar-refractivity contribution >= 4 is 5.97 Å². The molecule has 0 aromatic heterocycles. The second kappa shape index (κ2) is 6.02. The van der Waals surface area contributed by atoms with E-state index in [-0.39, 0.29) is 0 Å². The number of hydrogen-bond acceptors (Lipinski definition) is 4. The van der Waals surface area contributed by atoms with Crippen LogP contribution in [0.1, 0.15) is 74.1 Å². The van der Waals surface area contributed by atoms with Gasteiger partial charge in [0.2, 0.25) is 0 Å². The van der Waals surface area contributed by atoms with Gasteiger partial charge < -0.3 is 4.74 Å². The van der Waals surface area contributed by atoms with Crippen molar-refractivity contribution in [2.45, 2.75) is 85.5 Å². The maximum atomic E-state index is 12.4. The first-order chi connectivity index (χ1) is 9.06. The zero-order valence-electron chi connectivity index (χ0n) is 14.0. The van der Waals surface area contributed by atoms with Crippen molar-refractivity contribution in [2.75, 3.05) is 0 Å². The molecule has 1 aliphatic heterocycles. The molecule has 0 spiro atoms. The zero-order valence-corrected chi connectivity index (χ0v) is 14.0. The third kappa shape index (κ3) is 3.95. The predicted octanol–water partition coefficient (Wildman–Crippen LogP) is 4.23. The van der Waals surface area contributed by atoms with E-state index in [2.05, 4.69) is 13.8 Å². The van der Waals surface area contributed by atoms with Gasteiger partial charge in [0.25, 0.3) is 0 Å². The lowest BCUT2D eigenvalue weighted by molar-refractivity contribution is -0.172. The van der Waals surface area contributed by atoms with Gasteiger partial charge in [-0.15, -0.1) is 0 Å². The van der Waals surface area contributed by atoms with Gasteiger partial charge in [-0.2, -0.15) is 9.78 Å². The van der Waals surface area contributed by atoms with Crippen molar-refractivity contribution in [3.05, 3.63) is 0 Å². The van der Waals surface area contributed by atoms with Crippen LogP contribution in [0.5, 0.6) is 0 Å². The van der Waals surface area contributed by atoms with Gasteiger partial charge in [0.1, 0.15) is 5.60 Å². The van der Waals surface area contributed by atoms with Crippen molar-refractivity contribution in [2.24, 2.45) is 11.3 Å². The van der Waals surface area contributed by atoms with E-state index in [4.69, 9.17) is 14.5 Å². The number of ether oxygens (including phenoxy) is 1. The van der Waals surface area contributed by atoms with Crippen molar-refractivity contribution in [1.29, 1.82) is 0 Å². The fraction of sp³-hybridized carbons (Fsp3) is 0.938. The van der Waals surface area contributed by atoms with Gasteiger partial charge in [0.15, 0.2) is 0 Å². The van der Waals surface area contributed by atoms with Crippen LogP contribution in [0.2, 0.25) is 0 Å². The lowest BCUT2D eigenvalue weighted by Gasteiger charge is -2.31. The molecule has 118 valence electrons. The van der Waals surface area contributed by atoms with E-state index in [9.17, 15) is 4.79 Å². The van der Waals surface area contributed by atoms with Crippen molar-refractivity contribution in [1.82, 2.24) is 0 Å². The highest BCUT2D eigenvalue weighted by molar-refractivity contribution is 5.80. The minimum absolute atomic E-state index is 0.404. The molecule has 0 N–H and O–H groups in total. The zero-order chi connectivity index (χ0) is 15.6. The molecular weight excluding hydrogens is 256 g/mol. The molecule has 1 heterocycles. The lowest BCUT2D eigenvalue weighted by atomic mass is 9.86. The third-order valence-corrected chi connectivity index (χ3v) is 4.08. The summed E-state index contributed by atoms with van der Waals surface area (Å²) in [4.78, 5) is 22.3. The van der Waals surface area contributed by atoms with Crippen LogP contribution in [-0.2, 0) is 19.3 Å².